The SMILES string of the molecule is COc1ccc(F)cc1C(=O)CSc1nnc(Cc2cccs2)n1C1CCCCC1. The van der Waals surface area contributed by atoms with E-state index in [1.54, 1.807) is 11.3 Å². The fourth-order valence-electron chi connectivity index (χ4n) is 3.91. The Kier molecular flexibility index (Phi) is 6.84. The van der Waals surface area contributed by atoms with Crippen LogP contribution in [0.3, 0.4) is 0 Å². The highest BCUT2D eigenvalue weighted by atomic mass is 32.2. The number of halogens is 1. The highest BCUT2D eigenvalue weighted by molar-refractivity contribution is 7.99. The molecule has 0 unspecified atom stereocenters. The maximum Gasteiger partial charge on any atom is 0.191 e. The summed E-state index contributed by atoms with van der Waals surface area (Å²) in [5.41, 5.74) is 0.257. The van der Waals surface area contributed by atoms with Crippen molar-refractivity contribution in [3.63, 3.8) is 0 Å². The van der Waals surface area contributed by atoms with Crippen molar-refractivity contribution < 1.29 is 13.9 Å². The van der Waals surface area contributed by atoms with Crippen molar-refractivity contribution in [3.8, 4) is 5.75 Å². The van der Waals surface area contributed by atoms with Crippen LogP contribution in [-0.2, 0) is 6.42 Å². The number of ketones is 1. The molecule has 0 radical (unpaired) electrons. The Hall–Kier alpha value is -2.19. The van der Waals surface area contributed by atoms with Crippen molar-refractivity contribution in [2.45, 2.75) is 49.7 Å². The number of ether oxygens (including phenoxy) is 1. The molecule has 0 amide bonds. The van der Waals surface area contributed by atoms with E-state index in [1.807, 2.05) is 6.07 Å². The van der Waals surface area contributed by atoms with Gasteiger partial charge >= 0.3 is 0 Å². The second-order valence-corrected chi connectivity index (χ2v) is 9.35. The monoisotopic (exact) mass is 445 g/mol. The van der Waals surface area contributed by atoms with Crippen molar-refractivity contribution in [2.75, 3.05) is 12.9 Å². The molecule has 5 nitrogen and oxygen atoms in total. The van der Waals surface area contributed by atoms with E-state index in [4.69, 9.17) is 4.74 Å². The molecule has 1 aliphatic carbocycles. The zero-order chi connectivity index (χ0) is 20.9. The number of thioether (sulfide) groups is 1. The predicted octanol–water partition coefficient (Wildman–Crippen LogP) is 5.56. The molecule has 1 saturated carbocycles. The Morgan fingerprint density at radius 1 is 1.27 bits per heavy atom. The van der Waals surface area contributed by atoms with Crippen molar-refractivity contribution in [1.82, 2.24) is 14.8 Å². The molecule has 30 heavy (non-hydrogen) atoms. The number of benzene rings is 1. The summed E-state index contributed by atoms with van der Waals surface area (Å²) in [5.74, 6) is 0.850. The molecule has 0 spiro atoms. The molecule has 1 aliphatic rings. The van der Waals surface area contributed by atoms with Crippen LogP contribution in [0.2, 0.25) is 0 Å². The van der Waals surface area contributed by atoms with Crippen LogP contribution in [0, 0.1) is 5.82 Å². The Bertz CT molecular complexity index is 998. The summed E-state index contributed by atoms with van der Waals surface area (Å²) < 4.78 is 21.1. The van der Waals surface area contributed by atoms with Gasteiger partial charge in [-0.1, -0.05) is 37.1 Å². The van der Waals surface area contributed by atoms with Gasteiger partial charge in [0.25, 0.3) is 0 Å². The van der Waals surface area contributed by atoms with E-state index < -0.39 is 5.82 Å². The molecule has 0 N–H and O–H groups in total. The second kappa shape index (κ2) is 9.75. The fourth-order valence-corrected chi connectivity index (χ4v) is 5.52. The highest BCUT2D eigenvalue weighted by Gasteiger charge is 2.24. The number of thiophene rings is 1. The normalized spacial score (nSPS) is 14.7. The Morgan fingerprint density at radius 3 is 2.83 bits per heavy atom. The number of rotatable bonds is 8. The number of methoxy groups -OCH3 is 1. The van der Waals surface area contributed by atoms with Crippen LogP contribution in [0.1, 0.15) is 59.2 Å². The van der Waals surface area contributed by atoms with Gasteiger partial charge in [0.1, 0.15) is 17.4 Å². The van der Waals surface area contributed by atoms with Crippen LogP contribution in [0.15, 0.2) is 40.9 Å². The number of carbonyl (C=O) groups excluding carboxylic acids is 1. The molecular formula is C22H24FN3O2S2. The second-order valence-electron chi connectivity index (χ2n) is 7.37. The van der Waals surface area contributed by atoms with E-state index in [9.17, 15) is 9.18 Å². The van der Waals surface area contributed by atoms with Gasteiger partial charge < -0.3 is 9.30 Å². The first-order valence-corrected chi connectivity index (χ1v) is 12.0. The molecule has 4 rings (SSSR count). The van der Waals surface area contributed by atoms with E-state index in [2.05, 4.69) is 26.2 Å². The lowest BCUT2D eigenvalue weighted by Crippen LogP contribution is -2.17. The van der Waals surface area contributed by atoms with Crippen molar-refractivity contribution >= 4 is 28.9 Å². The molecule has 0 saturated heterocycles. The third kappa shape index (κ3) is 4.75. The van der Waals surface area contributed by atoms with Crippen LogP contribution < -0.4 is 4.74 Å². The summed E-state index contributed by atoms with van der Waals surface area (Å²) in [6, 6.07) is 8.52. The Balaban J connectivity index is 1.55. The Morgan fingerprint density at radius 2 is 2.10 bits per heavy atom. The molecule has 8 heteroatoms. The van der Waals surface area contributed by atoms with E-state index in [1.165, 1.54) is 61.2 Å². The van der Waals surface area contributed by atoms with E-state index in [-0.39, 0.29) is 17.1 Å². The third-order valence-corrected chi connectivity index (χ3v) is 7.20. The van der Waals surface area contributed by atoms with Gasteiger partial charge in [0, 0.05) is 17.3 Å². The van der Waals surface area contributed by atoms with Crippen LogP contribution in [-0.4, -0.2) is 33.4 Å². The molecule has 2 heterocycles. The molecule has 1 aromatic carbocycles. The third-order valence-electron chi connectivity index (χ3n) is 5.38. The standard InChI is InChI=1S/C22H24FN3O2S2/c1-28-20-10-9-15(23)12-18(20)19(27)14-30-22-25-24-21(13-17-8-5-11-29-17)26(22)16-6-3-2-4-7-16/h5,8-12,16H,2-4,6-7,13-14H2,1H3. The number of hydrogen-bond donors (Lipinski definition) is 0. The molecule has 0 atom stereocenters. The molecular weight excluding hydrogens is 421 g/mol. The number of hydrogen-bond acceptors (Lipinski definition) is 6. The molecule has 1 fully saturated rings. The Labute approximate surface area is 183 Å². The molecule has 3 aromatic rings. The first-order valence-electron chi connectivity index (χ1n) is 10.1. The van der Waals surface area contributed by atoms with Gasteiger partial charge in [0.05, 0.1) is 18.4 Å². The van der Waals surface area contributed by atoms with Gasteiger partial charge in [-0.25, -0.2) is 4.39 Å². The topological polar surface area (TPSA) is 57.0 Å². The van der Waals surface area contributed by atoms with Gasteiger partial charge in [-0.2, -0.15) is 0 Å². The lowest BCUT2D eigenvalue weighted by Gasteiger charge is -2.25. The molecule has 0 bridgehead atoms. The average molecular weight is 446 g/mol. The molecule has 158 valence electrons. The number of nitrogens with zero attached hydrogens (tertiary/aromatic N) is 3. The lowest BCUT2D eigenvalue weighted by atomic mass is 9.95. The van der Waals surface area contributed by atoms with Crippen molar-refractivity contribution in [2.24, 2.45) is 0 Å². The van der Waals surface area contributed by atoms with Crippen molar-refractivity contribution in [1.29, 1.82) is 0 Å². The first kappa shape index (κ1) is 21.1. The largest absolute Gasteiger partial charge is 0.496 e. The predicted molar refractivity (Wildman–Crippen MR) is 117 cm³/mol. The number of Topliss-reactive ketones (excluding diaryl/α,β-unsaturated/α-hetero) is 1. The summed E-state index contributed by atoms with van der Waals surface area (Å²) in [4.78, 5) is 14.0. The quantitative estimate of drug-likeness (QED) is 0.336. The lowest BCUT2D eigenvalue weighted by molar-refractivity contribution is 0.101. The zero-order valence-corrected chi connectivity index (χ0v) is 18.5. The van der Waals surface area contributed by atoms with E-state index in [0.717, 1.165) is 30.2 Å². The van der Waals surface area contributed by atoms with Gasteiger partial charge in [0.15, 0.2) is 10.9 Å². The maximum atomic E-state index is 13.7. The van der Waals surface area contributed by atoms with Crippen LogP contribution >= 0.6 is 23.1 Å². The van der Waals surface area contributed by atoms with Crippen LogP contribution in [0.25, 0.3) is 0 Å². The van der Waals surface area contributed by atoms with Gasteiger partial charge in [-0.3, -0.25) is 4.79 Å². The van der Waals surface area contributed by atoms with E-state index >= 15 is 0 Å². The summed E-state index contributed by atoms with van der Waals surface area (Å²) in [7, 11) is 1.48. The molecule has 0 aliphatic heterocycles. The van der Waals surface area contributed by atoms with Crippen molar-refractivity contribution in [3.05, 3.63) is 57.8 Å². The molecule has 2 aromatic heterocycles. The van der Waals surface area contributed by atoms with Crippen LogP contribution in [0.5, 0.6) is 5.75 Å². The summed E-state index contributed by atoms with van der Waals surface area (Å²) in [5, 5.41) is 11.7. The van der Waals surface area contributed by atoms with Gasteiger partial charge in [-0.05, 0) is 42.5 Å². The smallest absolute Gasteiger partial charge is 0.191 e. The first-order chi connectivity index (χ1) is 14.7. The highest BCUT2D eigenvalue weighted by Crippen LogP contribution is 2.34. The summed E-state index contributed by atoms with van der Waals surface area (Å²) in [6.45, 7) is 0. The fraction of sp³-hybridized carbons (Fsp3) is 0.409. The minimum atomic E-state index is -0.451. The number of aromatic nitrogens is 3. The minimum absolute atomic E-state index is 0.156. The minimum Gasteiger partial charge on any atom is -0.496 e. The summed E-state index contributed by atoms with van der Waals surface area (Å²) >= 11 is 3.08. The summed E-state index contributed by atoms with van der Waals surface area (Å²) in [6.07, 6.45) is 6.62. The average Bonchev–Trinajstić information content (AvgIpc) is 3.43. The zero-order valence-electron chi connectivity index (χ0n) is 16.8. The van der Waals surface area contributed by atoms with Gasteiger partial charge in [-0.15, -0.1) is 21.5 Å². The number of carbonyl (C=O) groups is 1. The van der Waals surface area contributed by atoms with E-state index in [0.29, 0.717) is 11.8 Å². The van der Waals surface area contributed by atoms with Gasteiger partial charge in [0.2, 0.25) is 0 Å². The van der Waals surface area contributed by atoms with Crippen LogP contribution in [0.4, 0.5) is 4.39 Å². The maximum absolute atomic E-state index is 13.7.